The highest BCUT2D eigenvalue weighted by Crippen LogP contribution is 2.38. The van der Waals surface area contributed by atoms with Crippen molar-refractivity contribution in [3.8, 4) is 0 Å². The summed E-state index contributed by atoms with van der Waals surface area (Å²) in [4.78, 5) is 28.6. The zero-order valence-corrected chi connectivity index (χ0v) is 16.2. The minimum Gasteiger partial charge on any atom is -0.467 e. The van der Waals surface area contributed by atoms with Crippen molar-refractivity contribution in [2.45, 2.75) is 58.2 Å². The third-order valence-corrected chi connectivity index (χ3v) is 5.07. The Hall–Kier alpha value is -1.93. The highest BCUT2D eigenvalue weighted by Gasteiger charge is 2.51. The Morgan fingerprint density at radius 1 is 1.23 bits per heavy atom. The summed E-state index contributed by atoms with van der Waals surface area (Å²) in [5, 5.41) is 2.71. The van der Waals surface area contributed by atoms with Gasteiger partial charge in [0.15, 0.2) is 0 Å². The monoisotopic (exact) mass is 362 g/mol. The van der Waals surface area contributed by atoms with Crippen LogP contribution in [0.5, 0.6) is 0 Å². The zero-order valence-electron chi connectivity index (χ0n) is 16.2. The molecule has 0 spiro atoms. The summed E-state index contributed by atoms with van der Waals surface area (Å²) in [6, 6.07) is 4.19. The lowest BCUT2D eigenvalue weighted by atomic mass is 9.75. The quantitative estimate of drug-likeness (QED) is 0.616. The van der Waals surface area contributed by atoms with Gasteiger partial charge >= 0.3 is 13.1 Å². The van der Waals surface area contributed by atoms with Crippen LogP contribution in [0.2, 0.25) is 6.32 Å². The third-order valence-electron chi connectivity index (χ3n) is 5.07. The number of esters is 1. The molecule has 0 saturated carbocycles. The first-order valence-electron chi connectivity index (χ1n) is 8.73. The number of carbonyl (C=O) groups is 2. The number of pyridine rings is 1. The lowest BCUT2D eigenvalue weighted by molar-refractivity contribution is -0.144. The molecule has 0 aromatic carbocycles. The number of aromatic nitrogens is 1. The molecule has 7 nitrogen and oxygen atoms in total. The summed E-state index contributed by atoms with van der Waals surface area (Å²) in [7, 11) is 0.831. The van der Waals surface area contributed by atoms with E-state index in [9.17, 15) is 9.59 Å². The van der Waals surface area contributed by atoms with Crippen LogP contribution < -0.4 is 5.32 Å². The van der Waals surface area contributed by atoms with Gasteiger partial charge in [-0.1, -0.05) is 13.0 Å². The fourth-order valence-electron chi connectivity index (χ4n) is 2.77. The van der Waals surface area contributed by atoms with Gasteiger partial charge in [-0.3, -0.25) is 9.78 Å². The van der Waals surface area contributed by atoms with Gasteiger partial charge in [0, 0.05) is 6.20 Å². The van der Waals surface area contributed by atoms with E-state index in [0.717, 1.165) is 0 Å². The molecule has 8 heteroatoms. The lowest BCUT2D eigenvalue weighted by Gasteiger charge is -2.32. The van der Waals surface area contributed by atoms with Crippen molar-refractivity contribution in [2.24, 2.45) is 5.92 Å². The maximum absolute atomic E-state index is 12.4. The molecule has 1 fully saturated rings. The maximum Gasteiger partial charge on any atom is 0.458 e. The van der Waals surface area contributed by atoms with Gasteiger partial charge in [0.05, 0.1) is 18.3 Å². The second-order valence-corrected chi connectivity index (χ2v) is 7.59. The van der Waals surface area contributed by atoms with E-state index >= 15 is 0 Å². The molecule has 2 heterocycles. The lowest BCUT2D eigenvalue weighted by Crippen LogP contribution is -2.47. The molecule has 1 N–H and O–H groups in total. The van der Waals surface area contributed by atoms with Crippen molar-refractivity contribution in [2.75, 3.05) is 7.11 Å². The van der Waals surface area contributed by atoms with Crippen LogP contribution in [0.15, 0.2) is 24.4 Å². The predicted octanol–water partition coefficient (Wildman–Crippen LogP) is 2.08. The van der Waals surface area contributed by atoms with Crippen molar-refractivity contribution in [3.63, 3.8) is 0 Å². The Bertz CT molecular complexity index is 634. The summed E-state index contributed by atoms with van der Waals surface area (Å²) < 4.78 is 16.8. The van der Waals surface area contributed by atoms with Gasteiger partial charge in [-0.2, -0.15) is 0 Å². The Morgan fingerprint density at radius 2 is 1.85 bits per heavy atom. The van der Waals surface area contributed by atoms with Crippen molar-refractivity contribution in [1.29, 1.82) is 0 Å². The predicted molar refractivity (Wildman–Crippen MR) is 97.6 cm³/mol. The van der Waals surface area contributed by atoms with Gasteiger partial charge in [0.2, 0.25) is 0 Å². The Morgan fingerprint density at radius 3 is 2.35 bits per heavy atom. The largest absolute Gasteiger partial charge is 0.467 e. The average molecular weight is 362 g/mol. The van der Waals surface area contributed by atoms with E-state index in [1.165, 1.54) is 13.3 Å². The van der Waals surface area contributed by atoms with E-state index in [-0.39, 0.29) is 11.6 Å². The summed E-state index contributed by atoms with van der Waals surface area (Å²) >= 11 is 0. The molecule has 0 bridgehead atoms. The molecular formula is C18H27BN2O5. The number of methoxy groups -OCH3 is 1. The van der Waals surface area contributed by atoms with Crippen LogP contribution >= 0.6 is 0 Å². The number of nitrogens with zero attached hydrogens (tertiary/aromatic N) is 1. The van der Waals surface area contributed by atoms with E-state index in [0.29, 0.717) is 6.32 Å². The van der Waals surface area contributed by atoms with Crippen LogP contribution in [0, 0.1) is 5.92 Å². The minimum atomic E-state index is -0.825. The number of carbonyl (C=O) groups excluding carboxylic acids is 2. The Kier molecular flexibility index (Phi) is 6.08. The van der Waals surface area contributed by atoms with Crippen LogP contribution in [0.1, 0.15) is 45.1 Å². The van der Waals surface area contributed by atoms with Gasteiger partial charge in [0.1, 0.15) is 11.7 Å². The molecular weight excluding hydrogens is 335 g/mol. The molecule has 0 aliphatic carbocycles. The molecule has 1 amide bonds. The summed E-state index contributed by atoms with van der Waals surface area (Å²) in [5.41, 5.74) is -0.658. The summed E-state index contributed by atoms with van der Waals surface area (Å²) in [5.74, 6) is -1.20. The highest BCUT2D eigenvalue weighted by molar-refractivity contribution is 6.45. The van der Waals surface area contributed by atoms with Gasteiger partial charge in [0.25, 0.3) is 5.91 Å². The third kappa shape index (κ3) is 4.42. The molecule has 2 rings (SSSR count). The Labute approximate surface area is 154 Å². The smallest absolute Gasteiger partial charge is 0.458 e. The number of hydrogen-bond acceptors (Lipinski definition) is 6. The number of nitrogens with one attached hydrogen (secondary N) is 1. The number of hydrogen-bond donors (Lipinski definition) is 1. The summed E-state index contributed by atoms with van der Waals surface area (Å²) in [6.07, 6.45) is 1.96. The van der Waals surface area contributed by atoms with Gasteiger partial charge in [-0.05, 0) is 52.1 Å². The standard InChI is InChI=1S/C18H27BN2O5/c1-12(11-19-25-17(2,3)18(4,5)26-19)14(16(23)24-6)21-15(22)13-9-7-8-10-20-13/h7-10,12,14H,11H2,1-6H3,(H,21,22)/t12-,14+/m1/s1. The molecule has 1 aliphatic heterocycles. The van der Waals surface area contributed by atoms with Gasteiger partial charge in [-0.15, -0.1) is 0 Å². The number of amides is 1. The van der Waals surface area contributed by atoms with E-state index in [1.54, 1.807) is 18.2 Å². The van der Waals surface area contributed by atoms with Gasteiger partial charge in [-0.25, -0.2) is 4.79 Å². The molecule has 1 aromatic heterocycles. The fraction of sp³-hybridized carbons (Fsp3) is 0.611. The van der Waals surface area contributed by atoms with E-state index in [4.69, 9.17) is 14.0 Å². The normalized spacial score (nSPS) is 20.3. The SMILES string of the molecule is COC(=O)[C@@H](NC(=O)c1ccccn1)[C@H](C)CB1OC(C)(C)C(C)(C)O1. The van der Waals surface area contributed by atoms with Crippen LogP contribution in [0.25, 0.3) is 0 Å². The first-order chi connectivity index (χ1) is 12.1. The molecule has 0 unspecified atom stereocenters. The van der Waals surface area contributed by atoms with E-state index < -0.39 is 36.2 Å². The van der Waals surface area contributed by atoms with E-state index in [2.05, 4.69) is 10.3 Å². The van der Waals surface area contributed by atoms with Crippen LogP contribution in [-0.2, 0) is 18.8 Å². The molecule has 1 saturated heterocycles. The topological polar surface area (TPSA) is 86.8 Å². The number of ether oxygens (including phenoxy) is 1. The van der Waals surface area contributed by atoms with Crippen LogP contribution in [0.4, 0.5) is 0 Å². The first kappa shape index (κ1) is 20.4. The van der Waals surface area contributed by atoms with E-state index in [1.807, 2.05) is 34.6 Å². The minimum absolute atomic E-state index is 0.240. The van der Waals surface area contributed by atoms with Crippen molar-refractivity contribution >= 4 is 19.0 Å². The first-order valence-corrected chi connectivity index (χ1v) is 8.73. The van der Waals surface area contributed by atoms with Crippen molar-refractivity contribution in [3.05, 3.63) is 30.1 Å². The van der Waals surface area contributed by atoms with Crippen LogP contribution in [0.3, 0.4) is 0 Å². The van der Waals surface area contributed by atoms with Crippen LogP contribution in [-0.4, -0.2) is 48.3 Å². The second-order valence-electron chi connectivity index (χ2n) is 7.59. The zero-order chi connectivity index (χ0) is 19.5. The summed E-state index contributed by atoms with van der Waals surface area (Å²) in [6.45, 7) is 9.73. The molecule has 1 aromatic rings. The molecule has 0 radical (unpaired) electrons. The van der Waals surface area contributed by atoms with Crippen molar-refractivity contribution < 1.29 is 23.6 Å². The van der Waals surface area contributed by atoms with Gasteiger partial charge < -0.3 is 19.4 Å². The van der Waals surface area contributed by atoms with Crippen molar-refractivity contribution in [1.82, 2.24) is 10.3 Å². The molecule has 26 heavy (non-hydrogen) atoms. The maximum atomic E-state index is 12.4. The second kappa shape index (κ2) is 7.76. The highest BCUT2D eigenvalue weighted by atomic mass is 16.7. The Balaban J connectivity index is 2.07. The molecule has 2 atom stereocenters. The molecule has 1 aliphatic rings. The fourth-order valence-corrected chi connectivity index (χ4v) is 2.77. The molecule has 142 valence electrons. The average Bonchev–Trinajstić information content (AvgIpc) is 2.78. The number of rotatable bonds is 6.